The second-order valence-electron chi connectivity index (χ2n) is 2.91. The number of alkyl halides is 4. The van der Waals surface area contributed by atoms with Gasteiger partial charge in [0.2, 0.25) is 5.88 Å². The van der Waals surface area contributed by atoms with E-state index in [4.69, 9.17) is 5.73 Å². The van der Waals surface area contributed by atoms with E-state index in [0.29, 0.717) is 0 Å². The van der Waals surface area contributed by atoms with Gasteiger partial charge in [-0.3, -0.25) is 4.74 Å². The zero-order chi connectivity index (χ0) is 13.9. The van der Waals surface area contributed by atoms with Crippen LogP contribution in [0.2, 0.25) is 0 Å². The Labute approximate surface area is 97.6 Å². The minimum absolute atomic E-state index is 0.0834. The van der Waals surface area contributed by atoms with E-state index in [-0.39, 0.29) is 6.61 Å². The van der Waals surface area contributed by atoms with Crippen LogP contribution in [0, 0.1) is 0 Å². The van der Waals surface area contributed by atoms with E-state index < -0.39 is 35.8 Å². The summed E-state index contributed by atoms with van der Waals surface area (Å²) >= 11 is 0. The summed E-state index contributed by atoms with van der Waals surface area (Å²) in [6.07, 6.45) is -8.27. The second kappa shape index (κ2) is 5.21. The molecular weight excluding hydrogens is 264 g/mol. The molecule has 0 aliphatic carbocycles. The molecule has 0 aromatic carbocycles. The predicted octanol–water partition coefficient (Wildman–Crippen LogP) is 1.94. The van der Waals surface area contributed by atoms with Gasteiger partial charge < -0.3 is 15.0 Å². The average Bonchev–Trinajstić information content (AvgIpc) is 2.58. The van der Waals surface area contributed by atoms with E-state index in [0.717, 1.165) is 0 Å². The zero-order valence-electron chi connectivity index (χ0n) is 8.95. The summed E-state index contributed by atoms with van der Waals surface area (Å²) in [7, 11) is 0. The third-order valence-corrected chi connectivity index (χ3v) is 1.68. The molecule has 18 heavy (non-hydrogen) atoms. The van der Waals surface area contributed by atoms with Crippen molar-refractivity contribution in [1.29, 1.82) is 0 Å². The van der Waals surface area contributed by atoms with Gasteiger partial charge >= 0.3 is 12.3 Å². The fraction of sp³-hybridized carbons (Fsp3) is 0.500. The Hall–Kier alpha value is -1.84. The van der Waals surface area contributed by atoms with Crippen LogP contribution in [-0.4, -0.2) is 24.1 Å². The summed E-state index contributed by atoms with van der Waals surface area (Å²) < 4.78 is 60.4. The lowest BCUT2D eigenvalue weighted by Crippen LogP contribution is -2.18. The van der Waals surface area contributed by atoms with Crippen molar-refractivity contribution in [3.05, 3.63) is 11.3 Å². The fourth-order valence-corrected chi connectivity index (χ4v) is 1.05. The van der Waals surface area contributed by atoms with Crippen LogP contribution in [0.4, 0.5) is 23.4 Å². The number of nitrogens with two attached hydrogens (primary N) is 1. The third-order valence-electron chi connectivity index (χ3n) is 1.68. The first kappa shape index (κ1) is 14.2. The molecule has 1 aromatic heterocycles. The Bertz CT molecular complexity index is 431. The number of hydrogen-bond donors (Lipinski definition) is 1. The molecule has 0 saturated carbocycles. The molecule has 2 N–H and O–H groups in total. The van der Waals surface area contributed by atoms with E-state index in [1.165, 1.54) is 6.92 Å². The summed E-state index contributed by atoms with van der Waals surface area (Å²) in [5.41, 5.74) is 3.39. The lowest BCUT2D eigenvalue weighted by Gasteiger charge is -2.10. The van der Waals surface area contributed by atoms with Crippen molar-refractivity contribution in [2.45, 2.75) is 19.6 Å². The number of anilines is 1. The number of carbonyl (C=O) groups is 1. The quantitative estimate of drug-likeness (QED) is 0.665. The molecule has 102 valence electrons. The van der Waals surface area contributed by atoms with Gasteiger partial charge in [0, 0.05) is 0 Å². The van der Waals surface area contributed by atoms with Gasteiger partial charge in [0.25, 0.3) is 6.36 Å². The maximum atomic E-state index is 13.2. The van der Waals surface area contributed by atoms with Gasteiger partial charge in [0.15, 0.2) is 11.3 Å². The molecule has 0 amide bonds. The fourth-order valence-electron chi connectivity index (χ4n) is 1.05. The highest BCUT2D eigenvalue weighted by molar-refractivity contribution is 5.95. The summed E-state index contributed by atoms with van der Waals surface area (Å²) in [5, 5.41) is 2.90. The predicted molar refractivity (Wildman–Crippen MR) is 47.9 cm³/mol. The zero-order valence-corrected chi connectivity index (χ0v) is 8.95. The lowest BCUT2D eigenvalue weighted by molar-refractivity contribution is -0.363. The molecule has 0 saturated heterocycles. The number of rotatable bonds is 4. The van der Waals surface area contributed by atoms with Crippen molar-refractivity contribution in [3.63, 3.8) is 0 Å². The minimum Gasteiger partial charge on any atom is -0.462 e. The molecule has 0 aliphatic rings. The number of aromatic nitrogens is 1. The molecule has 6 nitrogen and oxygen atoms in total. The molecule has 1 atom stereocenters. The maximum absolute atomic E-state index is 13.2. The standard InChI is InChI=1S/C8H8F4N2O4/c1-2-16-7(15)3-4(14-18-6(3)13)5(9)17-8(10,11)12/h5H,2,13H2,1H3. The van der Waals surface area contributed by atoms with Gasteiger partial charge in [0.05, 0.1) is 6.61 Å². The average molecular weight is 272 g/mol. The summed E-state index contributed by atoms with van der Waals surface area (Å²) in [5.74, 6) is -1.81. The number of nitrogens with zero attached hydrogens (tertiary/aromatic N) is 1. The molecule has 0 spiro atoms. The first-order valence-corrected chi connectivity index (χ1v) is 4.57. The summed E-state index contributed by atoms with van der Waals surface area (Å²) in [6.45, 7) is 1.36. The molecule has 0 radical (unpaired) electrons. The van der Waals surface area contributed by atoms with E-state index in [2.05, 4.69) is 19.2 Å². The van der Waals surface area contributed by atoms with Crippen LogP contribution in [-0.2, 0) is 9.47 Å². The van der Waals surface area contributed by atoms with Crippen molar-refractivity contribution >= 4 is 11.9 Å². The van der Waals surface area contributed by atoms with Gasteiger partial charge in [-0.05, 0) is 6.92 Å². The van der Waals surface area contributed by atoms with Crippen LogP contribution >= 0.6 is 0 Å². The molecule has 0 bridgehead atoms. The molecule has 1 aromatic rings. The minimum atomic E-state index is -5.24. The number of nitrogen functional groups attached to an aromatic ring is 1. The Morgan fingerprint density at radius 2 is 2.17 bits per heavy atom. The van der Waals surface area contributed by atoms with Crippen molar-refractivity contribution in [3.8, 4) is 0 Å². The van der Waals surface area contributed by atoms with Gasteiger partial charge in [0.1, 0.15) is 0 Å². The Morgan fingerprint density at radius 3 is 2.67 bits per heavy atom. The van der Waals surface area contributed by atoms with Crippen molar-refractivity contribution < 1.29 is 36.4 Å². The molecule has 1 rings (SSSR count). The third kappa shape index (κ3) is 3.32. The molecule has 1 heterocycles. The summed E-state index contributed by atoms with van der Waals surface area (Å²) in [4.78, 5) is 11.3. The highest BCUT2D eigenvalue weighted by Gasteiger charge is 2.38. The van der Waals surface area contributed by atoms with Crippen LogP contribution < -0.4 is 5.73 Å². The van der Waals surface area contributed by atoms with Crippen molar-refractivity contribution in [1.82, 2.24) is 5.16 Å². The normalized spacial score (nSPS) is 13.4. The number of esters is 1. The van der Waals surface area contributed by atoms with Gasteiger partial charge in [-0.2, -0.15) is 0 Å². The SMILES string of the molecule is CCOC(=O)c1c(C(F)OC(F)(F)F)noc1N. The Balaban J connectivity index is 2.99. The Morgan fingerprint density at radius 1 is 1.56 bits per heavy atom. The van der Waals surface area contributed by atoms with Crippen LogP contribution in [0.3, 0.4) is 0 Å². The molecule has 0 aliphatic heterocycles. The maximum Gasteiger partial charge on any atom is 0.525 e. The van der Waals surface area contributed by atoms with E-state index in [9.17, 15) is 22.4 Å². The number of ether oxygens (including phenoxy) is 2. The summed E-state index contributed by atoms with van der Waals surface area (Å²) in [6, 6.07) is 0. The molecule has 0 fully saturated rings. The van der Waals surface area contributed by atoms with Crippen molar-refractivity contribution in [2.75, 3.05) is 12.3 Å². The monoisotopic (exact) mass is 272 g/mol. The largest absolute Gasteiger partial charge is 0.525 e. The first-order valence-electron chi connectivity index (χ1n) is 4.57. The van der Waals surface area contributed by atoms with Crippen LogP contribution in [0.15, 0.2) is 4.52 Å². The van der Waals surface area contributed by atoms with Crippen LogP contribution in [0.5, 0.6) is 0 Å². The Kier molecular flexibility index (Phi) is 4.11. The van der Waals surface area contributed by atoms with E-state index in [1.54, 1.807) is 0 Å². The van der Waals surface area contributed by atoms with Gasteiger partial charge in [-0.15, -0.1) is 13.2 Å². The highest BCUT2D eigenvalue weighted by Crippen LogP contribution is 2.32. The molecule has 1 unspecified atom stereocenters. The number of halogens is 4. The number of hydrogen-bond acceptors (Lipinski definition) is 6. The van der Waals surface area contributed by atoms with Crippen LogP contribution in [0.1, 0.15) is 29.3 Å². The lowest BCUT2D eigenvalue weighted by atomic mass is 10.2. The topological polar surface area (TPSA) is 87.6 Å². The van der Waals surface area contributed by atoms with Gasteiger partial charge in [-0.1, -0.05) is 5.16 Å². The molecular formula is C8H8F4N2O4. The van der Waals surface area contributed by atoms with Crippen LogP contribution in [0.25, 0.3) is 0 Å². The van der Waals surface area contributed by atoms with E-state index in [1.807, 2.05) is 0 Å². The highest BCUT2D eigenvalue weighted by atomic mass is 19.4. The number of carbonyl (C=O) groups excluding carboxylic acids is 1. The van der Waals surface area contributed by atoms with Gasteiger partial charge in [-0.25, -0.2) is 9.18 Å². The van der Waals surface area contributed by atoms with E-state index >= 15 is 0 Å². The second-order valence-corrected chi connectivity index (χ2v) is 2.91. The smallest absolute Gasteiger partial charge is 0.462 e. The molecule has 10 heteroatoms. The first-order chi connectivity index (χ1) is 8.26. The van der Waals surface area contributed by atoms with Crippen molar-refractivity contribution in [2.24, 2.45) is 0 Å².